The van der Waals surface area contributed by atoms with E-state index in [0.717, 1.165) is 0 Å². The number of hydrogen-bond donors (Lipinski definition) is 0. The molecule has 0 unspecified atom stereocenters. The first-order valence-electron chi connectivity index (χ1n) is 6.90. The third-order valence-corrected chi connectivity index (χ3v) is 2.91. The van der Waals surface area contributed by atoms with E-state index in [4.69, 9.17) is 0 Å². The summed E-state index contributed by atoms with van der Waals surface area (Å²) >= 11 is 0. The van der Waals surface area contributed by atoms with E-state index in [1.807, 2.05) is 6.92 Å². The second kappa shape index (κ2) is 13.7. The lowest BCUT2D eigenvalue weighted by Gasteiger charge is -2.01. The molecule has 0 aliphatic heterocycles. The summed E-state index contributed by atoms with van der Waals surface area (Å²) in [4.78, 5) is 0. The highest BCUT2D eigenvalue weighted by molar-refractivity contribution is 4.69. The number of allylic oxidation sites excluding steroid dienone is 2. The quantitative estimate of drug-likeness (QED) is 0.384. The van der Waals surface area contributed by atoms with Crippen LogP contribution in [0.25, 0.3) is 0 Å². The number of hydrogen-bond acceptors (Lipinski definition) is 0. The lowest BCUT2D eigenvalue weighted by molar-refractivity contribution is 0.557. The smallest absolute Gasteiger partial charge is 0.0345 e. The Labute approximate surface area is 97.2 Å². The Morgan fingerprint density at radius 2 is 1.20 bits per heavy atom. The molecule has 0 fully saturated rings. The zero-order valence-electron chi connectivity index (χ0n) is 10.9. The van der Waals surface area contributed by atoms with Crippen LogP contribution in [0.3, 0.4) is 0 Å². The van der Waals surface area contributed by atoms with Crippen LogP contribution in [0.4, 0.5) is 0 Å². The van der Waals surface area contributed by atoms with Gasteiger partial charge >= 0.3 is 0 Å². The largest absolute Gasteiger partial charge is 0.0813 e. The van der Waals surface area contributed by atoms with E-state index in [-0.39, 0.29) is 0 Å². The molecule has 0 amide bonds. The molecule has 0 heteroatoms. The molecule has 0 spiro atoms. The molecule has 15 heavy (non-hydrogen) atoms. The summed E-state index contributed by atoms with van der Waals surface area (Å²) in [5.41, 5.74) is 0. The lowest BCUT2D eigenvalue weighted by Crippen LogP contribution is -1.81. The van der Waals surface area contributed by atoms with Gasteiger partial charge in [0, 0.05) is 0 Å². The Balaban J connectivity index is 2.86. The molecule has 0 rings (SSSR count). The van der Waals surface area contributed by atoms with Gasteiger partial charge in [-0.2, -0.15) is 0 Å². The van der Waals surface area contributed by atoms with Gasteiger partial charge in [-0.25, -0.2) is 0 Å². The van der Waals surface area contributed by atoms with Gasteiger partial charge in [0.05, 0.1) is 0 Å². The molecular weight excluding hydrogens is 180 g/mol. The van der Waals surface area contributed by atoms with Crippen LogP contribution in [-0.4, -0.2) is 0 Å². The zero-order chi connectivity index (χ0) is 11.2. The average Bonchev–Trinajstić information content (AvgIpc) is 2.26. The predicted octanol–water partition coefficient (Wildman–Crippen LogP) is 5.68. The summed E-state index contributed by atoms with van der Waals surface area (Å²) in [6, 6.07) is 0. The number of rotatable bonds is 11. The molecule has 0 bridgehead atoms. The highest BCUT2D eigenvalue weighted by Crippen LogP contribution is 2.11. The van der Waals surface area contributed by atoms with Crippen LogP contribution in [-0.2, 0) is 0 Å². The second-order valence-corrected chi connectivity index (χ2v) is 4.46. The standard InChI is InChI=1S/C15H29/c1-3-5-7-9-11-13-15-14-12-10-8-6-4-2/h6H,3,5,7-15H2,1-2H3. The van der Waals surface area contributed by atoms with Crippen LogP contribution in [0.2, 0.25) is 0 Å². The van der Waals surface area contributed by atoms with Crippen molar-refractivity contribution in [1.82, 2.24) is 0 Å². The minimum absolute atomic E-state index is 1.23. The van der Waals surface area contributed by atoms with E-state index in [2.05, 4.69) is 19.1 Å². The van der Waals surface area contributed by atoms with Gasteiger partial charge in [0.2, 0.25) is 0 Å². The maximum absolute atomic E-state index is 3.07. The van der Waals surface area contributed by atoms with Crippen molar-refractivity contribution in [2.45, 2.75) is 84.5 Å². The molecule has 0 aromatic heterocycles. The summed E-state index contributed by atoms with van der Waals surface area (Å²) in [6.07, 6.45) is 20.7. The van der Waals surface area contributed by atoms with Crippen molar-refractivity contribution in [3.8, 4) is 0 Å². The van der Waals surface area contributed by atoms with Gasteiger partial charge < -0.3 is 0 Å². The Hall–Kier alpha value is -0.260. The third kappa shape index (κ3) is 13.7. The van der Waals surface area contributed by atoms with Crippen LogP contribution in [0.1, 0.15) is 84.5 Å². The Morgan fingerprint density at radius 1 is 0.733 bits per heavy atom. The topological polar surface area (TPSA) is 0 Å². The molecular formula is C15H29. The first kappa shape index (κ1) is 14.7. The van der Waals surface area contributed by atoms with Gasteiger partial charge in [-0.15, -0.1) is 0 Å². The molecule has 0 saturated carbocycles. The SMILES string of the molecule is C/[C]=C\CCCCCCCCCCCC. The fourth-order valence-corrected chi connectivity index (χ4v) is 1.88. The van der Waals surface area contributed by atoms with E-state index in [9.17, 15) is 0 Å². The van der Waals surface area contributed by atoms with Crippen molar-refractivity contribution < 1.29 is 0 Å². The van der Waals surface area contributed by atoms with E-state index >= 15 is 0 Å². The molecule has 0 nitrogen and oxygen atoms in total. The fraction of sp³-hybridized carbons (Fsp3) is 0.867. The van der Waals surface area contributed by atoms with Gasteiger partial charge in [0.1, 0.15) is 0 Å². The monoisotopic (exact) mass is 209 g/mol. The van der Waals surface area contributed by atoms with Crippen molar-refractivity contribution in [2.75, 3.05) is 0 Å². The van der Waals surface area contributed by atoms with E-state index < -0.39 is 0 Å². The molecule has 0 N–H and O–H groups in total. The van der Waals surface area contributed by atoms with Crippen LogP contribution >= 0.6 is 0 Å². The van der Waals surface area contributed by atoms with Crippen molar-refractivity contribution in [1.29, 1.82) is 0 Å². The summed E-state index contributed by atoms with van der Waals surface area (Å²) in [5, 5.41) is 0. The van der Waals surface area contributed by atoms with Crippen LogP contribution in [0.15, 0.2) is 6.08 Å². The third-order valence-electron chi connectivity index (χ3n) is 2.91. The van der Waals surface area contributed by atoms with Crippen molar-refractivity contribution in [2.24, 2.45) is 0 Å². The van der Waals surface area contributed by atoms with Crippen LogP contribution in [0, 0.1) is 6.08 Å². The minimum atomic E-state index is 1.23. The number of unbranched alkanes of at least 4 members (excludes halogenated alkanes) is 10. The fourth-order valence-electron chi connectivity index (χ4n) is 1.88. The molecule has 0 aromatic rings. The molecule has 0 heterocycles. The van der Waals surface area contributed by atoms with Gasteiger partial charge in [0.25, 0.3) is 0 Å². The van der Waals surface area contributed by atoms with Crippen molar-refractivity contribution in [3.05, 3.63) is 12.2 Å². The molecule has 0 aliphatic rings. The molecule has 0 aliphatic carbocycles. The Morgan fingerprint density at radius 3 is 1.67 bits per heavy atom. The van der Waals surface area contributed by atoms with Crippen LogP contribution in [0.5, 0.6) is 0 Å². The Kier molecular flexibility index (Phi) is 13.5. The predicted molar refractivity (Wildman–Crippen MR) is 69.9 cm³/mol. The van der Waals surface area contributed by atoms with E-state index in [1.165, 1.54) is 70.6 Å². The molecule has 1 radical (unpaired) electrons. The zero-order valence-corrected chi connectivity index (χ0v) is 10.9. The van der Waals surface area contributed by atoms with Gasteiger partial charge in [-0.05, 0) is 19.8 Å². The minimum Gasteiger partial charge on any atom is -0.0813 e. The normalized spacial score (nSPS) is 11.3. The van der Waals surface area contributed by atoms with Gasteiger partial charge in [-0.1, -0.05) is 76.9 Å². The molecule has 0 aromatic carbocycles. The van der Waals surface area contributed by atoms with E-state index in [0.29, 0.717) is 0 Å². The molecule has 0 saturated heterocycles. The molecule has 89 valence electrons. The Bertz CT molecular complexity index is 124. The van der Waals surface area contributed by atoms with Gasteiger partial charge in [0.15, 0.2) is 0 Å². The summed E-state index contributed by atoms with van der Waals surface area (Å²) < 4.78 is 0. The second-order valence-electron chi connectivity index (χ2n) is 4.46. The highest BCUT2D eigenvalue weighted by atomic mass is 14.0. The lowest BCUT2D eigenvalue weighted by atomic mass is 10.1. The average molecular weight is 209 g/mol. The maximum atomic E-state index is 3.07. The van der Waals surface area contributed by atoms with E-state index in [1.54, 1.807) is 0 Å². The van der Waals surface area contributed by atoms with Crippen LogP contribution < -0.4 is 0 Å². The first-order valence-corrected chi connectivity index (χ1v) is 6.90. The summed E-state index contributed by atoms with van der Waals surface area (Å²) in [6.45, 7) is 4.26. The van der Waals surface area contributed by atoms with Gasteiger partial charge in [-0.3, -0.25) is 0 Å². The molecule has 0 atom stereocenters. The summed E-state index contributed by atoms with van der Waals surface area (Å²) in [7, 11) is 0. The maximum Gasteiger partial charge on any atom is -0.0345 e. The van der Waals surface area contributed by atoms with Crippen molar-refractivity contribution >= 4 is 0 Å². The summed E-state index contributed by atoms with van der Waals surface area (Å²) in [5.74, 6) is 0. The highest BCUT2D eigenvalue weighted by Gasteiger charge is 1.91. The van der Waals surface area contributed by atoms with Crippen molar-refractivity contribution in [3.63, 3.8) is 0 Å². The first-order chi connectivity index (χ1) is 7.41.